The second-order valence-corrected chi connectivity index (χ2v) is 3.44. The third-order valence-corrected chi connectivity index (χ3v) is 2.37. The Kier molecular flexibility index (Phi) is 6.88. The molecule has 0 aliphatic rings. The molecule has 0 bridgehead atoms. The smallest absolute Gasteiger partial charge is 0.162 e. The minimum absolute atomic E-state index is 0. The molecule has 0 spiro atoms. The first kappa shape index (κ1) is 15.0. The molecule has 0 heterocycles. The van der Waals surface area contributed by atoms with Gasteiger partial charge < -0.3 is 21.3 Å². The van der Waals surface area contributed by atoms with E-state index in [1.807, 2.05) is 6.07 Å². The van der Waals surface area contributed by atoms with E-state index in [1.165, 1.54) is 7.11 Å². The van der Waals surface area contributed by atoms with Crippen LogP contribution in [0.3, 0.4) is 0 Å². The molecular formula is C11H19ClN2O2. The number of aromatic hydroxyl groups is 1. The Bertz CT molecular complexity index is 321. The fourth-order valence-electron chi connectivity index (χ4n) is 1.50. The van der Waals surface area contributed by atoms with E-state index in [0.29, 0.717) is 17.9 Å². The van der Waals surface area contributed by atoms with Crippen molar-refractivity contribution in [3.63, 3.8) is 0 Å². The van der Waals surface area contributed by atoms with Crippen LogP contribution >= 0.6 is 12.4 Å². The first-order chi connectivity index (χ1) is 7.20. The van der Waals surface area contributed by atoms with Crippen LogP contribution < -0.4 is 16.2 Å². The summed E-state index contributed by atoms with van der Waals surface area (Å²) in [5.41, 5.74) is 12.1. The summed E-state index contributed by atoms with van der Waals surface area (Å²) in [6.45, 7) is 0.610. The van der Waals surface area contributed by atoms with Crippen molar-refractivity contribution >= 4 is 12.4 Å². The standard InChI is InChI=1S/C11H18N2O2.ClH/c1-15-10-6-2-4-8(11(10)14)9(13)5-3-7-12;/h2,4,6,9,14H,3,5,7,12-13H2,1H3;1H/t9-;/m1./s1. The van der Waals surface area contributed by atoms with Gasteiger partial charge >= 0.3 is 0 Å². The van der Waals surface area contributed by atoms with Gasteiger partial charge in [-0.05, 0) is 25.5 Å². The molecule has 1 atom stereocenters. The molecule has 0 fully saturated rings. The molecule has 0 aromatic heterocycles. The summed E-state index contributed by atoms with van der Waals surface area (Å²) >= 11 is 0. The number of hydrogen-bond donors (Lipinski definition) is 3. The van der Waals surface area contributed by atoms with Crippen molar-refractivity contribution < 1.29 is 9.84 Å². The van der Waals surface area contributed by atoms with Gasteiger partial charge in [0.05, 0.1) is 7.11 Å². The lowest BCUT2D eigenvalue weighted by atomic mass is 10.0. The molecule has 0 radical (unpaired) electrons. The fourth-order valence-corrected chi connectivity index (χ4v) is 1.50. The van der Waals surface area contributed by atoms with E-state index in [-0.39, 0.29) is 24.2 Å². The van der Waals surface area contributed by atoms with Gasteiger partial charge in [-0.15, -0.1) is 12.4 Å². The van der Waals surface area contributed by atoms with E-state index in [4.69, 9.17) is 16.2 Å². The lowest BCUT2D eigenvalue weighted by Gasteiger charge is -2.14. The molecule has 1 rings (SSSR count). The highest BCUT2D eigenvalue weighted by atomic mass is 35.5. The number of hydrogen-bond acceptors (Lipinski definition) is 4. The molecule has 1 aromatic rings. The van der Waals surface area contributed by atoms with Gasteiger partial charge in [0, 0.05) is 11.6 Å². The zero-order valence-electron chi connectivity index (χ0n) is 9.35. The van der Waals surface area contributed by atoms with Crippen LogP contribution in [-0.2, 0) is 0 Å². The summed E-state index contributed by atoms with van der Waals surface area (Å²) < 4.78 is 5.01. The zero-order chi connectivity index (χ0) is 11.3. The maximum atomic E-state index is 9.82. The molecule has 0 unspecified atom stereocenters. The Morgan fingerprint density at radius 2 is 2.12 bits per heavy atom. The van der Waals surface area contributed by atoms with Crippen molar-refractivity contribution in [2.75, 3.05) is 13.7 Å². The van der Waals surface area contributed by atoms with E-state index in [1.54, 1.807) is 12.1 Å². The molecule has 0 aliphatic heterocycles. The van der Waals surface area contributed by atoms with Crippen molar-refractivity contribution in [1.29, 1.82) is 0 Å². The van der Waals surface area contributed by atoms with E-state index >= 15 is 0 Å². The Morgan fingerprint density at radius 3 is 2.69 bits per heavy atom. The molecule has 92 valence electrons. The van der Waals surface area contributed by atoms with E-state index < -0.39 is 0 Å². The Labute approximate surface area is 102 Å². The number of nitrogens with two attached hydrogens (primary N) is 2. The van der Waals surface area contributed by atoms with Crippen LogP contribution in [0.2, 0.25) is 0 Å². The van der Waals surface area contributed by atoms with E-state index in [0.717, 1.165) is 12.8 Å². The number of rotatable bonds is 5. The van der Waals surface area contributed by atoms with Crippen LogP contribution in [0.15, 0.2) is 18.2 Å². The van der Waals surface area contributed by atoms with Crippen LogP contribution in [-0.4, -0.2) is 18.8 Å². The first-order valence-corrected chi connectivity index (χ1v) is 5.02. The largest absolute Gasteiger partial charge is 0.504 e. The number of para-hydroxylation sites is 1. The maximum Gasteiger partial charge on any atom is 0.162 e. The molecule has 5 N–H and O–H groups in total. The average Bonchev–Trinajstić information content (AvgIpc) is 2.26. The van der Waals surface area contributed by atoms with Gasteiger partial charge in [-0.3, -0.25) is 0 Å². The number of benzene rings is 1. The van der Waals surface area contributed by atoms with Gasteiger partial charge in [-0.1, -0.05) is 12.1 Å². The Balaban J connectivity index is 0.00000225. The predicted octanol–water partition coefficient (Wildman–Crippen LogP) is 1.56. The summed E-state index contributed by atoms with van der Waals surface area (Å²) in [4.78, 5) is 0. The highest BCUT2D eigenvalue weighted by molar-refractivity contribution is 5.85. The second-order valence-electron chi connectivity index (χ2n) is 3.44. The molecule has 16 heavy (non-hydrogen) atoms. The molecule has 0 saturated carbocycles. The number of phenolic OH excluding ortho intramolecular Hbond substituents is 1. The highest BCUT2D eigenvalue weighted by Crippen LogP contribution is 2.33. The monoisotopic (exact) mass is 246 g/mol. The molecule has 0 aliphatic carbocycles. The molecule has 0 saturated heterocycles. The minimum Gasteiger partial charge on any atom is -0.504 e. The molecule has 4 nitrogen and oxygen atoms in total. The molecular weight excluding hydrogens is 228 g/mol. The molecule has 1 aromatic carbocycles. The van der Waals surface area contributed by atoms with E-state index in [9.17, 15) is 5.11 Å². The Hall–Kier alpha value is -0.970. The van der Waals surface area contributed by atoms with Gasteiger partial charge in [-0.25, -0.2) is 0 Å². The fraction of sp³-hybridized carbons (Fsp3) is 0.455. The third-order valence-electron chi connectivity index (χ3n) is 2.37. The maximum absolute atomic E-state index is 9.82. The lowest BCUT2D eigenvalue weighted by molar-refractivity contribution is 0.367. The quantitative estimate of drug-likeness (QED) is 0.737. The normalized spacial score (nSPS) is 11.7. The SMILES string of the molecule is COc1cccc([C@H](N)CCCN)c1O.Cl. The summed E-state index contributed by atoms with van der Waals surface area (Å²) in [6.07, 6.45) is 1.61. The van der Waals surface area contributed by atoms with Crippen LogP contribution in [0.1, 0.15) is 24.4 Å². The Morgan fingerprint density at radius 1 is 1.44 bits per heavy atom. The van der Waals surface area contributed by atoms with E-state index in [2.05, 4.69) is 0 Å². The highest BCUT2D eigenvalue weighted by Gasteiger charge is 2.13. The van der Waals surface area contributed by atoms with Gasteiger partial charge in [-0.2, -0.15) is 0 Å². The van der Waals surface area contributed by atoms with Gasteiger partial charge in [0.25, 0.3) is 0 Å². The van der Waals surface area contributed by atoms with Gasteiger partial charge in [0.15, 0.2) is 11.5 Å². The summed E-state index contributed by atoms with van der Waals surface area (Å²) in [5, 5.41) is 9.82. The average molecular weight is 247 g/mol. The predicted molar refractivity (Wildman–Crippen MR) is 67.1 cm³/mol. The zero-order valence-corrected chi connectivity index (χ0v) is 10.2. The van der Waals surface area contributed by atoms with Crippen molar-refractivity contribution in [3.05, 3.63) is 23.8 Å². The van der Waals surface area contributed by atoms with Crippen molar-refractivity contribution in [3.8, 4) is 11.5 Å². The van der Waals surface area contributed by atoms with Crippen molar-refractivity contribution in [2.45, 2.75) is 18.9 Å². The summed E-state index contributed by atoms with van der Waals surface area (Å²) in [7, 11) is 1.52. The number of halogens is 1. The van der Waals surface area contributed by atoms with Crippen LogP contribution in [0.5, 0.6) is 11.5 Å². The van der Waals surface area contributed by atoms with Gasteiger partial charge in [0.1, 0.15) is 0 Å². The number of phenols is 1. The second kappa shape index (κ2) is 7.33. The number of ether oxygens (including phenoxy) is 1. The van der Waals surface area contributed by atoms with Crippen molar-refractivity contribution in [2.24, 2.45) is 11.5 Å². The van der Waals surface area contributed by atoms with Crippen LogP contribution in [0.4, 0.5) is 0 Å². The van der Waals surface area contributed by atoms with Crippen LogP contribution in [0, 0.1) is 0 Å². The van der Waals surface area contributed by atoms with Gasteiger partial charge in [0.2, 0.25) is 0 Å². The summed E-state index contributed by atoms with van der Waals surface area (Å²) in [5.74, 6) is 0.584. The lowest BCUT2D eigenvalue weighted by Crippen LogP contribution is -2.12. The minimum atomic E-state index is -0.191. The topological polar surface area (TPSA) is 81.5 Å². The van der Waals surface area contributed by atoms with Crippen LogP contribution in [0.25, 0.3) is 0 Å². The first-order valence-electron chi connectivity index (χ1n) is 5.02. The molecule has 5 heteroatoms. The third kappa shape index (κ3) is 3.56. The summed E-state index contributed by atoms with van der Waals surface area (Å²) in [6, 6.07) is 5.13. The molecule has 0 amide bonds. The van der Waals surface area contributed by atoms with Crippen molar-refractivity contribution in [1.82, 2.24) is 0 Å². The number of methoxy groups -OCH3 is 1.